The minimum absolute atomic E-state index is 0.00822. The van der Waals surface area contributed by atoms with Crippen molar-refractivity contribution in [3.05, 3.63) is 63.6 Å². The summed E-state index contributed by atoms with van der Waals surface area (Å²) in [6.07, 6.45) is 1.11. The highest BCUT2D eigenvalue weighted by Crippen LogP contribution is 2.29. The van der Waals surface area contributed by atoms with E-state index in [2.05, 4.69) is 5.32 Å². The van der Waals surface area contributed by atoms with E-state index < -0.39 is 10.0 Å². The van der Waals surface area contributed by atoms with Crippen molar-refractivity contribution in [1.82, 2.24) is 10.2 Å². The van der Waals surface area contributed by atoms with Crippen molar-refractivity contribution >= 4 is 44.8 Å². The van der Waals surface area contributed by atoms with E-state index in [1.54, 1.807) is 42.5 Å². The van der Waals surface area contributed by atoms with Crippen LogP contribution in [0.4, 0.5) is 5.69 Å². The number of benzene rings is 2. The lowest BCUT2D eigenvalue weighted by molar-refractivity contribution is 0.0951. The number of likely N-dealkylation sites (N-methyl/N-ethyl adjacent to an activating group) is 1. The zero-order chi connectivity index (χ0) is 20.9. The second-order valence-corrected chi connectivity index (χ2v) is 9.30. The molecule has 0 spiro atoms. The van der Waals surface area contributed by atoms with Gasteiger partial charge in [0, 0.05) is 34.3 Å². The molecular weight excluding hydrogens is 421 g/mol. The van der Waals surface area contributed by atoms with Crippen molar-refractivity contribution in [2.24, 2.45) is 0 Å². The Kier molecular flexibility index (Phi) is 7.71. The molecule has 2 aromatic rings. The highest BCUT2D eigenvalue weighted by molar-refractivity contribution is 7.92. The van der Waals surface area contributed by atoms with E-state index in [1.165, 1.54) is 4.31 Å². The molecule has 1 N–H and O–H groups in total. The van der Waals surface area contributed by atoms with Crippen LogP contribution in [-0.2, 0) is 16.6 Å². The number of rotatable bonds is 8. The standard InChI is InChI=1S/C19H23Cl2N3O3S/c1-23(2)12-11-22-19(25)14-7-9-15(10-8-14)24(28(3,26)27)13-16-17(20)5-4-6-18(16)21/h4-10H,11-13H2,1-3H3,(H,22,25). The highest BCUT2D eigenvalue weighted by Gasteiger charge is 2.21. The highest BCUT2D eigenvalue weighted by atomic mass is 35.5. The van der Waals surface area contributed by atoms with Gasteiger partial charge in [-0.3, -0.25) is 9.10 Å². The summed E-state index contributed by atoms with van der Waals surface area (Å²) in [6, 6.07) is 11.4. The van der Waals surface area contributed by atoms with Crippen molar-refractivity contribution < 1.29 is 13.2 Å². The average Bonchev–Trinajstić information content (AvgIpc) is 2.60. The number of carbonyl (C=O) groups excluding carboxylic acids is 1. The number of sulfonamides is 1. The van der Waals surface area contributed by atoms with Gasteiger partial charge in [0.15, 0.2) is 0 Å². The molecule has 0 radical (unpaired) electrons. The van der Waals surface area contributed by atoms with E-state index >= 15 is 0 Å². The van der Waals surface area contributed by atoms with Crippen LogP contribution in [-0.4, -0.2) is 52.7 Å². The lowest BCUT2D eigenvalue weighted by Gasteiger charge is -2.23. The molecule has 0 unspecified atom stereocenters. The third kappa shape index (κ3) is 6.10. The van der Waals surface area contributed by atoms with Gasteiger partial charge in [0.1, 0.15) is 0 Å². The lowest BCUT2D eigenvalue weighted by atomic mass is 10.1. The second kappa shape index (κ2) is 9.60. The molecule has 0 aliphatic rings. The molecule has 2 rings (SSSR count). The molecule has 0 aliphatic heterocycles. The molecule has 28 heavy (non-hydrogen) atoms. The number of halogens is 2. The molecule has 0 saturated carbocycles. The topological polar surface area (TPSA) is 69.7 Å². The van der Waals surface area contributed by atoms with Crippen molar-refractivity contribution in [1.29, 1.82) is 0 Å². The van der Waals surface area contributed by atoms with Gasteiger partial charge in [0.05, 0.1) is 18.5 Å². The third-order valence-corrected chi connectivity index (χ3v) is 5.87. The van der Waals surface area contributed by atoms with Crippen LogP contribution >= 0.6 is 23.2 Å². The number of nitrogens with one attached hydrogen (secondary N) is 1. The summed E-state index contributed by atoms with van der Waals surface area (Å²) in [7, 11) is 0.249. The second-order valence-electron chi connectivity index (χ2n) is 6.58. The maximum absolute atomic E-state index is 12.3. The summed E-state index contributed by atoms with van der Waals surface area (Å²) < 4.78 is 25.9. The average molecular weight is 444 g/mol. The fraction of sp³-hybridized carbons (Fsp3) is 0.316. The first-order valence-electron chi connectivity index (χ1n) is 8.53. The summed E-state index contributed by atoms with van der Waals surface area (Å²) in [5.41, 5.74) is 1.39. The van der Waals surface area contributed by atoms with Crippen molar-refractivity contribution in [2.45, 2.75) is 6.54 Å². The number of anilines is 1. The SMILES string of the molecule is CN(C)CCNC(=O)c1ccc(N(Cc2c(Cl)cccc2Cl)S(C)(=O)=O)cc1. The summed E-state index contributed by atoms with van der Waals surface area (Å²) in [5, 5.41) is 3.59. The van der Waals surface area contributed by atoms with Crippen LogP contribution < -0.4 is 9.62 Å². The Labute approximate surface area is 176 Å². The zero-order valence-corrected chi connectivity index (χ0v) is 18.3. The molecule has 1 amide bonds. The predicted molar refractivity (Wildman–Crippen MR) is 115 cm³/mol. The summed E-state index contributed by atoms with van der Waals surface area (Å²) in [6.45, 7) is 1.24. The monoisotopic (exact) mass is 443 g/mol. The fourth-order valence-electron chi connectivity index (χ4n) is 2.50. The first-order chi connectivity index (χ1) is 13.1. The van der Waals surface area contributed by atoms with E-state index in [1.807, 2.05) is 19.0 Å². The Morgan fingerprint density at radius 3 is 2.11 bits per heavy atom. The fourth-order valence-corrected chi connectivity index (χ4v) is 3.89. The number of hydrogen-bond acceptors (Lipinski definition) is 4. The van der Waals surface area contributed by atoms with Crippen LogP contribution in [0, 0.1) is 0 Å². The van der Waals surface area contributed by atoms with Crippen molar-refractivity contribution in [3.8, 4) is 0 Å². The van der Waals surface area contributed by atoms with E-state index in [4.69, 9.17) is 23.2 Å². The van der Waals surface area contributed by atoms with Gasteiger partial charge in [0.25, 0.3) is 5.91 Å². The number of nitrogens with zero attached hydrogens (tertiary/aromatic N) is 2. The normalized spacial score (nSPS) is 11.5. The minimum Gasteiger partial charge on any atom is -0.351 e. The van der Waals surface area contributed by atoms with Crippen molar-refractivity contribution in [2.75, 3.05) is 37.7 Å². The molecule has 152 valence electrons. The van der Waals surface area contributed by atoms with Crippen LogP contribution in [0.1, 0.15) is 15.9 Å². The van der Waals surface area contributed by atoms with Crippen LogP contribution in [0.5, 0.6) is 0 Å². The quantitative estimate of drug-likeness (QED) is 0.679. The molecular formula is C19H23Cl2N3O3S. The summed E-state index contributed by atoms with van der Waals surface area (Å²) in [5.74, 6) is -0.214. The Hall–Kier alpha value is -1.80. The van der Waals surface area contributed by atoms with Crippen LogP contribution in [0.15, 0.2) is 42.5 Å². The number of amides is 1. The molecule has 0 atom stereocenters. The third-order valence-electron chi connectivity index (χ3n) is 4.03. The van der Waals surface area contributed by atoms with Gasteiger partial charge in [-0.1, -0.05) is 29.3 Å². The molecule has 0 saturated heterocycles. The van der Waals surface area contributed by atoms with E-state index in [0.717, 1.165) is 12.8 Å². The number of carbonyl (C=O) groups is 1. The Balaban J connectivity index is 2.23. The van der Waals surface area contributed by atoms with Gasteiger partial charge >= 0.3 is 0 Å². The van der Waals surface area contributed by atoms with Gasteiger partial charge in [-0.2, -0.15) is 0 Å². The molecule has 0 aliphatic carbocycles. The smallest absolute Gasteiger partial charge is 0.251 e. The maximum atomic E-state index is 12.3. The van der Waals surface area contributed by atoms with Gasteiger partial charge in [0.2, 0.25) is 10.0 Å². The summed E-state index contributed by atoms with van der Waals surface area (Å²) in [4.78, 5) is 14.2. The Morgan fingerprint density at radius 2 is 1.61 bits per heavy atom. The van der Waals surface area contributed by atoms with Gasteiger partial charge in [-0.25, -0.2) is 8.42 Å². The Morgan fingerprint density at radius 1 is 1.04 bits per heavy atom. The molecule has 0 bridgehead atoms. The molecule has 6 nitrogen and oxygen atoms in total. The molecule has 0 heterocycles. The first-order valence-corrected chi connectivity index (χ1v) is 11.1. The van der Waals surface area contributed by atoms with Gasteiger partial charge in [-0.15, -0.1) is 0 Å². The molecule has 0 fully saturated rings. The molecule has 0 aromatic heterocycles. The number of hydrogen-bond donors (Lipinski definition) is 1. The maximum Gasteiger partial charge on any atom is 0.251 e. The lowest BCUT2D eigenvalue weighted by Crippen LogP contribution is -2.31. The van der Waals surface area contributed by atoms with E-state index in [0.29, 0.717) is 33.4 Å². The van der Waals surface area contributed by atoms with Crippen molar-refractivity contribution in [3.63, 3.8) is 0 Å². The molecule has 9 heteroatoms. The largest absolute Gasteiger partial charge is 0.351 e. The van der Waals surface area contributed by atoms with Crippen LogP contribution in [0.2, 0.25) is 10.0 Å². The van der Waals surface area contributed by atoms with Crippen LogP contribution in [0.25, 0.3) is 0 Å². The zero-order valence-electron chi connectivity index (χ0n) is 15.9. The van der Waals surface area contributed by atoms with Gasteiger partial charge in [-0.05, 0) is 50.5 Å². The van der Waals surface area contributed by atoms with E-state index in [-0.39, 0.29) is 12.5 Å². The first kappa shape index (κ1) is 22.5. The van der Waals surface area contributed by atoms with Gasteiger partial charge < -0.3 is 10.2 Å². The predicted octanol–water partition coefficient (Wildman–Crippen LogP) is 3.25. The minimum atomic E-state index is -3.60. The molecule has 2 aromatic carbocycles. The Bertz CT molecular complexity index is 912. The van der Waals surface area contributed by atoms with Crippen LogP contribution in [0.3, 0.4) is 0 Å². The van der Waals surface area contributed by atoms with E-state index in [9.17, 15) is 13.2 Å². The summed E-state index contributed by atoms with van der Waals surface area (Å²) >= 11 is 12.4.